The van der Waals surface area contributed by atoms with Crippen molar-refractivity contribution in [2.45, 2.75) is 46.2 Å². The van der Waals surface area contributed by atoms with Crippen molar-refractivity contribution >= 4 is 5.69 Å². The Morgan fingerprint density at radius 1 is 1.39 bits per heavy atom. The Hall–Kier alpha value is -1.85. The highest BCUT2D eigenvalue weighted by Crippen LogP contribution is 2.19. The van der Waals surface area contributed by atoms with Gasteiger partial charge in [-0.05, 0) is 13.8 Å². The van der Waals surface area contributed by atoms with Crippen LogP contribution in [0.2, 0.25) is 0 Å². The normalized spacial score (nSPS) is 12.9. The van der Waals surface area contributed by atoms with Gasteiger partial charge in [-0.3, -0.25) is 4.68 Å². The summed E-state index contributed by atoms with van der Waals surface area (Å²) in [6, 6.07) is -0.0282. The van der Waals surface area contributed by atoms with E-state index in [0.29, 0.717) is 5.89 Å². The van der Waals surface area contributed by atoms with Crippen LogP contribution in [0.4, 0.5) is 5.69 Å². The SMILES string of the molecule is CCn1cc(N[C@@H](C)c2nc(C(C)C)no2)cn1. The van der Waals surface area contributed by atoms with Crippen LogP contribution in [0.3, 0.4) is 0 Å². The lowest BCUT2D eigenvalue weighted by molar-refractivity contribution is 0.361. The lowest BCUT2D eigenvalue weighted by Gasteiger charge is -2.08. The van der Waals surface area contributed by atoms with Crippen molar-refractivity contribution in [1.29, 1.82) is 0 Å². The molecule has 0 amide bonds. The van der Waals surface area contributed by atoms with Gasteiger partial charge in [0.2, 0.25) is 5.89 Å². The van der Waals surface area contributed by atoms with Crippen LogP contribution in [-0.2, 0) is 6.54 Å². The Balaban J connectivity index is 2.04. The highest BCUT2D eigenvalue weighted by molar-refractivity contribution is 5.39. The number of nitrogens with zero attached hydrogens (tertiary/aromatic N) is 4. The van der Waals surface area contributed by atoms with Gasteiger partial charge in [0, 0.05) is 18.7 Å². The third kappa shape index (κ3) is 2.69. The maximum absolute atomic E-state index is 5.24. The molecule has 0 bridgehead atoms. The lowest BCUT2D eigenvalue weighted by atomic mass is 10.2. The zero-order valence-electron chi connectivity index (χ0n) is 11.2. The van der Waals surface area contributed by atoms with Crippen LogP contribution in [0.5, 0.6) is 0 Å². The molecule has 0 spiro atoms. The average Bonchev–Trinajstić information content (AvgIpc) is 2.97. The topological polar surface area (TPSA) is 68.8 Å². The predicted molar refractivity (Wildman–Crippen MR) is 68.3 cm³/mol. The summed E-state index contributed by atoms with van der Waals surface area (Å²) in [5.74, 6) is 1.61. The molecule has 2 rings (SSSR count). The fourth-order valence-electron chi connectivity index (χ4n) is 1.58. The number of hydrogen-bond acceptors (Lipinski definition) is 5. The van der Waals surface area contributed by atoms with Crippen LogP contribution in [0, 0.1) is 0 Å². The molecule has 0 aliphatic carbocycles. The highest BCUT2D eigenvalue weighted by Gasteiger charge is 2.16. The molecular formula is C12H19N5O. The number of aryl methyl sites for hydroxylation is 1. The minimum Gasteiger partial charge on any atom is -0.371 e. The first-order chi connectivity index (χ1) is 8.60. The Kier molecular flexibility index (Phi) is 3.64. The van der Waals surface area contributed by atoms with Gasteiger partial charge in [-0.25, -0.2) is 0 Å². The second-order valence-electron chi connectivity index (χ2n) is 4.60. The van der Waals surface area contributed by atoms with Gasteiger partial charge in [0.25, 0.3) is 0 Å². The molecule has 0 aliphatic rings. The van der Waals surface area contributed by atoms with Crippen molar-refractivity contribution in [2.75, 3.05) is 5.32 Å². The molecule has 0 radical (unpaired) electrons. The average molecular weight is 249 g/mol. The van der Waals surface area contributed by atoms with Crippen molar-refractivity contribution in [2.24, 2.45) is 0 Å². The fraction of sp³-hybridized carbons (Fsp3) is 0.583. The Bertz CT molecular complexity index is 502. The number of anilines is 1. The van der Waals surface area contributed by atoms with Gasteiger partial charge >= 0.3 is 0 Å². The summed E-state index contributed by atoms with van der Waals surface area (Å²) in [6.07, 6.45) is 3.75. The maximum atomic E-state index is 5.24. The molecule has 2 aromatic heterocycles. The number of nitrogens with one attached hydrogen (secondary N) is 1. The van der Waals surface area contributed by atoms with Crippen molar-refractivity contribution < 1.29 is 4.52 Å². The van der Waals surface area contributed by atoms with Crippen molar-refractivity contribution in [3.8, 4) is 0 Å². The quantitative estimate of drug-likeness (QED) is 0.882. The molecule has 0 aromatic carbocycles. The van der Waals surface area contributed by atoms with E-state index in [1.807, 2.05) is 38.6 Å². The maximum Gasteiger partial charge on any atom is 0.248 e. The van der Waals surface area contributed by atoms with E-state index < -0.39 is 0 Å². The van der Waals surface area contributed by atoms with E-state index in [0.717, 1.165) is 18.1 Å². The lowest BCUT2D eigenvalue weighted by Crippen LogP contribution is -2.06. The minimum absolute atomic E-state index is 0.0282. The molecule has 0 saturated carbocycles. The monoisotopic (exact) mass is 249 g/mol. The van der Waals surface area contributed by atoms with E-state index in [1.165, 1.54) is 0 Å². The van der Waals surface area contributed by atoms with Crippen LogP contribution >= 0.6 is 0 Å². The standard InChI is InChI=1S/C12H19N5O/c1-5-17-7-10(6-13-17)14-9(4)12-15-11(8(2)3)16-18-12/h6-9,14H,5H2,1-4H3/t9-/m0/s1. The van der Waals surface area contributed by atoms with E-state index in [2.05, 4.69) is 20.6 Å². The molecule has 1 atom stereocenters. The molecule has 98 valence electrons. The molecular weight excluding hydrogens is 230 g/mol. The molecule has 6 heteroatoms. The van der Waals surface area contributed by atoms with E-state index in [9.17, 15) is 0 Å². The molecule has 0 unspecified atom stereocenters. The Morgan fingerprint density at radius 2 is 2.17 bits per heavy atom. The fourth-order valence-corrected chi connectivity index (χ4v) is 1.58. The zero-order chi connectivity index (χ0) is 13.1. The summed E-state index contributed by atoms with van der Waals surface area (Å²) >= 11 is 0. The Morgan fingerprint density at radius 3 is 2.72 bits per heavy atom. The number of aromatic nitrogens is 4. The predicted octanol–water partition coefficient (Wildman–Crippen LogP) is 2.58. The summed E-state index contributed by atoms with van der Waals surface area (Å²) in [5, 5.41) is 11.4. The van der Waals surface area contributed by atoms with E-state index in [-0.39, 0.29) is 12.0 Å². The van der Waals surface area contributed by atoms with Crippen molar-refractivity contribution in [3.05, 3.63) is 24.1 Å². The second-order valence-corrected chi connectivity index (χ2v) is 4.60. The van der Waals surface area contributed by atoms with Gasteiger partial charge in [0.1, 0.15) is 6.04 Å². The van der Waals surface area contributed by atoms with Crippen LogP contribution in [0.1, 0.15) is 51.4 Å². The van der Waals surface area contributed by atoms with Crippen LogP contribution in [-0.4, -0.2) is 19.9 Å². The Labute approximate surface area is 106 Å². The van der Waals surface area contributed by atoms with Crippen LogP contribution in [0.25, 0.3) is 0 Å². The third-order valence-electron chi connectivity index (χ3n) is 2.68. The van der Waals surface area contributed by atoms with E-state index in [4.69, 9.17) is 4.52 Å². The van der Waals surface area contributed by atoms with E-state index in [1.54, 1.807) is 6.20 Å². The summed E-state index contributed by atoms with van der Waals surface area (Å²) in [6.45, 7) is 8.97. The van der Waals surface area contributed by atoms with Gasteiger partial charge < -0.3 is 9.84 Å². The molecule has 1 N–H and O–H groups in total. The van der Waals surface area contributed by atoms with Crippen LogP contribution in [0.15, 0.2) is 16.9 Å². The molecule has 2 aromatic rings. The molecule has 0 aliphatic heterocycles. The molecule has 18 heavy (non-hydrogen) atoms. The molecule has 2 heterocycles. The first-order valence-corrected chi connectivity index (χ1v) is 6.22. The zero-order valence-corrected chi connectivity index (χ0v) is 11.2. The summed E-state index contributed by atoms with van der Waals surface area (Å²) < 4.78 is 7.11. The molecule has 0 fully saturated rings. The third-order valence-corrected chi connectivity index (χ3v) is 2.68. The van der Waals surface area contributed by atoms with Gasteiger partial charge in [0.05, 0.1) is 11.9 Å². The van der Waals surface area contributed by atoms with Gasteiger partial charge in [-0.2, -0.15) is 10.1 Å². The summed E-state index contributed by atoms with van der Waals surface area (Å²) in [5.41, 5.74) is 0.952. The number of rotatable bonds is 5. The summed E-state index contributed by atoms with van der Waals surface area (Å²) in [4.78, 5) is 4.37. The van der Waals surface area contributed by atoms with E-state index >= 15 is 0 Å². The van der Waals surface area contributed by atoms with Gasteiger partial charge in [0.15, 0.2) is 5.82 Å². The van der Waals surface area contributed by atoms with Gasteiger partial charge in [-0.15, -0.1) is 0 Å². The first-order valence-electron chi connectivity index (χ1n) is 6.22. The summed E-state index contributed by atoms with van der Waals surface area (Å²) in [7, 11) is 0. The highest BCUT2D eigenvalue weighted by atomic mass is 16.5. The van der Waals surface area contributed by atoms with Crippen molar-refractivity contribution in [1.82, 2.24) is 19.9 Å². The minimum atomic E-state index is -0.0282. The smallest absolute Gasteiger partial charge is 0.248 e. The van der Waals surface area contributed by atoms with Crippen LogP contribution < -0.4 is 5.32 Å². The number of hydrogen-bond donors (Lipinski definition) is 1. The second kappa shape index (κ2) is 5.20. The largest absolute Gasteiger partial charge is 0.371 e. The van der Waals surface area contributed by atoms with Crippen molar-refractivity contribution in [3.63, 3.8) is 0 Å². The molecule has 0 saturated heterocycles. The first kappa shape index (κ1) is 12.6. The van der Waals surface area contributed by atoms with Gasteiger partial charge in [-0.1, -0.05) is 19.0 Å². The molecule has 6 nitrogen and oxygen atoms in total.